The summed E-state index contributed by atoms with van der Waals surface area (Å²) < 4.78 is 0. The number of aromatic nitrogens is 1. The standard InChI is InChI=1S/C8H11N3O2S/c1-4-7(14-8(10)11-4)6(13)5(12)2-3-9/h5-6,12-13H,2H2,1H3,(H2,10,11). The first kappa shape index (κ1) is 10.9. The Morgan fingerprint density at radius 1 is 1.64 bits per heavy atom. The summed E-state index contributed by atoms with van der Waals surface area (Å²) in [5.41, 5.74) is 6.04. The molecule has 0 aliphatic rings. The molecule has 0 aromatic carbocycles. The highest BCUT2D eigenvalue weighted by Crippen LogP contribution is 2.29. The minimum Gasteiger partial charge on any atom is -0.389 e. The van der Waals surface area contributed by atoms with Crippen molar-refractivity contribution in [3.05, 3.63) is 10.6 Å². The lowest BCUT2D eigenvalue weighted by atomic mass is 10.1. The molecule has 0 aliphatic carbocycles. The Kier molecular flexibility index (Phi) is 3.41. The van der Waals surface area contributed by atoms with E-state index in [1.807, 2.05) is 0 Å². The van der Waals surface area contributed by atoms with Gasteiger partial charge in [-0.2, -0.15) is 5.26 Å². The Morgan fingerprint density at radius 2 is 2.29 bits per heavy atom. The van der Waals surface area contributed by atoms with E-state index in [-0.39, 0.29) is 6.42 Å². The van der Waals surface area contributed by atoms with E-state index in [1.165, 1.54) is 0 Å². The smallest absolute Gasteiger partial charge is 0.180 e. The molecule has 0 spiro atoms. The molecule has 6 heteroatoms. The minimum atomic E-state index is -1.08. The summed E-state index contributed by atoms with van der Waals surface area (Å²) in [4.78, 5) is 4.44. The van der Waals surface area contributed by atoms with Gasteiger partial charge in [-0.25, -0.2) is 4.98 Å². The third-order valence-corrected chi connectivity index (χ3v) is 2.84. The number of hydrogen-bond acceptors (Lipinski definition) is 6. The highest BCUT2D eigenvalue weighted by atomic mass is 32.1. The summed E-state index contributed by atoms with van der Waals surface area (Å²) in [7, 11) is 0. The Labute approximate surface area is 85.4 Å². The molecule has 4 N–H and O–H groups in total. The zero-order chi connectivity index (χ0) is 10.7. The van der Waals surface area contributed by atoms with Crippen molar-refractivity contribution in [2.24, 2.45) is 0 Å². The Morgan fingerprint density at radius 3 is 2.71 bits per heavy atom. The largest absolute Gasteiger partial charge is 0.389 e. The summed E-state index contributed by atoms with van der Waals surface area (Å²) >= 11 is 1.12. The van der Waals surface area contributed by atoms with Crippen LogP contribution in [-0.4, -0.2) is 21.3 Å². The van der Waals surface area contributed by atoms with E-state index in [2.05, 4.69) is 4.98 Å². The van der Waals surface area contributed by atoms with Crippen LogP contribution in [0.25, 0.3) is 0 Å². The molecular weight excluding hydrogens is 202 g/mol. The number of aryl methyl sites for hydroxylation is 1. The molecule has 0 saturated heterocycles. The van der Waals surface area contributed by atoms with Gasteiger partial charge in [0.15, 0.2) is 5.13 Å². The molecule has 76 valence electrons. The van der Waals surface area contributed by atoms with Gasteiger partial charge < -0.3 is 15.9 Å². The summed E-state index contributed by atoms with van der Waals surface area (Å²) in [6.45, 7) is 1.70. The van der Waals surface area contributed by atoms with Crippen molar-refractivity contribution in [1.82, 2.24) is 4.98 Å². The van der Waals surface area contributed by atoms with Crippen molar-refractivity contribution >= 4 is 16.5 Å². The van der Waals surface area contributed by atoms with Gasteiger partial charge in [-0.15, -0.1) is 0 Å². The quantitative estimate of drug-likeness (QED) is 0.671. The second kappa shape index (κ2) is 4.37. The summed E-state index contributed by atoms with van der Waals surface area (Å²) in [6.07, 6.45) is -2.28. The number of nitriles is 1. The topological polar surface area (TPSA) is 103 Å². The fourth-order valence-corrected chi connectivity index (χ4v) is 1.96. The predicted octanol–water partition coefficient (Wildman–Crippen LogP) is 0.342. The van der Waals surface area contributed by atoms with E-state index < -0.39 is 12.2 Å². The first-order valence-electron chi connectivity index (χ1n) is 4.02. The first-order chi connectivity index (χ1) is 6.56. The molecule has 2 atom stereocenters. The van der Waals surface area contributed by atoms with Gasteiger partial charge in [0.2, 0.25) is 0 Å². The summed E-state index contributed by atoms with van der Waals surface area (Å²) in [5.74, 6) is 0. The monoisotopic (exact) mass is 213 g/mol. The average Bonchev–Trinajstić information content (AvgIpc) is 2.44. The predicted molar refractivity (Wildman–Crippen MR) is 52.5 cm³/mol. The molecule has 0 bridgehead atoms. The van der Waals surface area contributed by atoms with Crippen LogP contribution in [-0.2, 0) is 0 Å². The Balaban J connectivity index is 2.84. The molecule has 2 unspecified atom stereocenters. The maximum absolute atomic E-state index is 9.63. The zero-order valence-corrected chi connectivity index (χ0v) is 8.45. The van der Waals surface area contributed by atoms with Gasteiger partial charge in [-0.05, 0) is 6.92 Å². The van der Waals surface area contributed by atoms with Crippen molar-refractivity contribution in [2.75, 3.05) is 5.73 Å². The van der Waals surface area contributed by atoms with Crippen LogP contribution in [0.3, 0.4) is 0 Å². The Hall–Kier alpha value is -1.16. The molecule has 1 heterocycles. The van der Waals surface area contributed by atoms with Gasteiger partial charge in [0.05, 0.1) is 29.2 Å². The normalized spacial score (nSPS) is 14.7. The average molecular weight is 213 g/mol. The van der Waals surface area contributed by atoms with Crippen molar-refractivity contribution in [3.63, 3.8) is 0 Å². The number of nitrogens with two attached hydrogens (primary N) is 1. The Bertz CT molecular complexity index is 358. The number of nitrogens with zero attached hydrogens (tertiary/aromatic N) is 2. The summed E-state index contributed by atoms with van der Waals surface area (Å²) in [6, 6.07) is 1.79. The van der Waals surface area contributed by atoms with Gasteiger partial charge in [0.25, 0.3) is 0 Å². The second-order valence-corrected chi connectivity index (χ2v) is 3.94. The summed E-state index contributed by atoms with van der Waals surface area (Å²) in [5, 5.41) is 27.7. The molecule has 1 aromatic heterocycles. The van der Waals surface area contributed by atoms with Gasteiger partial charge in [0, 0.05) is 0 Å². The van der Waals surface area contributed by atoms with Gasteiger partial charge in [0.1, 0.15) is 6.10 Å². The van der Waals surface area contributed by atoms with E-state index >= 15 is 0 Å². The maximum Gasteiger partial charge on any atom is 0.180 e. The van der Waals surface area contributed by atoms with Crippen LogP contribution in [0.5, 0.6) is 0 Å². The van der Waals surface area contributed by atoms with Gasteiger partial charge in [-0.3, -0.25) is 0 Å². The number of aliphatic hydroxyl groups excluding tert-OH is 2. The van der Waals surface area contributed by atoms with Crippen LogP contribution in [0.15, 0.2) is 0 Å². The number of hydrogen-bond donors (Lipinski definition) is 3. The third-order valence-electron chi connectivity index (χ3n) is 1.78. The van der Waals surface area contributed by atoms with E-state index in [9.17, 15) is 10.2 Å². The van der Waals surface area contributed by atoms with E-state index in [4.69, 9.17) is 11.0 Å². The molecule has 14 heavy (non-hydrogen) atoms. The maximum atomic E-state index is 9.63. The molecule has 0 amide bonds. The molecule has 0 aliphatic heterocycles. The number of aliphatic hydroxyl groups is 2. The highest BCUT2D eigenvalue weighted by Gasteiger charge is 2.22. The van der Waals surface area contributed by atoms with Crippen molar-refractivity contribution in [1.29, 1.82) is 5.26 Å². The minimum absolute atomic E-state index is 0.113. The lowest BCUT2D eigenvalue weighted by Crippen LogP contribution is -2.17. The molecular formula is C8H11N3O2S. The van der Waals surface area contributed by atoms with Crippen LogP contribution >= 0.6 is 11.3 Å². The van der Waals surface area contributed by atoms with Gasteiger partial charge >= 0.3 is 0 Å². The van der Waals surface area contributed by atoms with Crippen molar-refractivity contribution < 1.29 is 10.2 Å². The molecule has 0 saturated carbocycles. The molecule has 5 nitrogen and oxygen atoms in total. The second-order valence-electron chi connectivity index (χ2n) is 2.88. The van der Waals surface area contributed by atoms with E-state index in [0.717, 1.165) is 11.3 Å². The number of anilines is 1. The van der Waals surface area contributed by atoms with Crippen LogP contribution in [0.2, 0.25) is 0 Å². The lowest BCUT2D eigenvalue weighted by Gasteiger charge is -2.13. The number of thiazole rings is 1. The first-order valence-corrected chi connectivity index (χ1v) is 4.83. The van der Waals surface area contributed by atoms with Gasteiger partial charge in [-0.1, -0.05) is 11.3 Å². The third kappa shape index (κ3) is 2.20. The van der Waals surface area contributed by atoms with Crippen molar-refractivity contribution in [2.45, 2.75) is 25.6 Å². The van der Waals surface area contributed by atoms with Crippen LogP contribution in [0.1, 0.15) is 23.1 Å². The molecule has 0 fully saturated rings. The highest BCUT2D eigenvalue weighted by molar-refractivity contribution is 7.15. The van der Waals surface area contributed by atoms with Crippen molar-refractivity contribution in [3.8, 4) is 6.07 Å². The van der Waals surface area contributed by atoms with E-state index in [1.54, 1.807) is 13.0 Å². The fourth-order valence-electron chi connectivity index (χ4n) is 1.08. The lowest BCUT2D eigenvalue weighted by molar-refractivity contribution is 0.0233. The number of rotatable bonds is 3. The zero-order valence-electron chi connectivity index (χ0n) is 7.64. The van der Waals surface area contributed by atoms with Crippen LogP contribution in [0.4, 0.5) is 5.13 Å². The van der Waals surface area contributed by atoms with E-state index in [0.29, 0.717) is 15.7 Å². The van der Waals surface area contributed by atoms with Crippen LogP contribution in [0, 0.1) is 18.3 Å². The molecule has 1 rings (SSSR count). The molecule has 1 aromatic rings. The SMILES string of the molecule is Cc1nc(N)sc1C(O)C(O)CC#N. The molecule has 0 radical (unpaired) electrons. The number of nitrogen functional groups attached to an aromatic ring is 1. The fraction of sp³-hybridized carbons (Fsp3) is 0.500. The van der Waals surface area contributed by atoms with Crippen LogP contribution < -0.4 is 5.73 Å².